The van der Waals surface area contributed by atoms with E-state index in [1.54, 1.807) is 0 Å². The fraction of sp³-hybridized carbons (Fsp3) is 0.875. The molecule has 13 heavy (non-hydrogen) atoms. The van der Waals surface area contributed by atoms with Crippen molar-refractivity contribution in [2.24, 2.45) is 0 Å². The van der Waals surface area contributed by atoms with E-state index in [0.29, 0.717) is 6.04 Å². The van der Waals surface area contributed by atoms with Crippen molar-refractivity contribution in [1.82, 2.24) is 10.6 Å². The number of carbonyl (C=O) groups is 1. The van der Waals surface area contributed by atoms with Gasteiger partial charge in [0.2, 0.25) is 0 Å². The molecule has 1 saturated heterocycles. The number of nitrogens with one attached hydrogen (secondary N) is 2. The highest BCUT2D eigenvalue weighted by molar-refractivity contribution is 6.70. The fourth-order valence-electron chi connectivity index (χ4n) is 1.54. The fourth-order valence-corrected chi connectivity index (χ4v) is 1.54. The topological polar surface area (TPSA) is 50.4 Å². The van der Waals surface area contributed by atoms with Crippen molar-refractivity contribution < 1.29 is 9.45 Å². The molecule has 2 atom stereocenters. The van der Waals surface area contributed by atoms with Crippen LogP contribution in [0.2, 0.25) is 0 Å². The molecule has 0 unspecified atom stereocenters. The second-order valence-electron chi connectivity index (χ2n) is 3.28. The van der Waals surface area contributed by atoms with E-state index in [-0.39, 0.29) is 11.7 Å². The third kappa shape index (κ3) is 3.10. The Morgan fingerprint density at radius 2 is 2.38 bits per heavy atom. The summed E-state index contributed by atoms with van der Waals surface area (Å²) in [5.74, 6) is 0. The molecule has 1 fully saturated rings. The van der Waals surface area contributed by atoms with E-state index < -0.39 is 0 Å². The third-order valence-corrected chi connectivity index (χ3v) is 2.40. The van der Waals surface area contributed by atoms with Crippen LogP contribution in [0.4, 0.5) is 0 Å². The van der Waals surface area contributed by atoms with Crippen LogP contribution in [0.15, 0.2) is 0 Å². The monoisotopic (exact) mass is 183 g/mol. The van der Waals surface area contributed by atoms with Gasteiger partial charge in [0.05, 0.1) is 6.04 Å². The minimum atomic E-state index is -0.0513. The molecule has 0 aromatic heterocycles. The maximum Gasteiger partial charge on any atom is 0.378 e. The Morgan fingerprint density at radius 1 is 1.62 bits per heavy atom. The first-order valence-electron chi connectivity index (χ1n) is 4.58. The molecule has 0 amide bonds. The van der Waals surface area contributed by atoms with E-state index in [0.717, 1.165) is 19.4 Å². The molecule has 2 N–H and O–H groups in total. The van der Waals surface area contributed by atoms with Gasteiger partial charge in [-0.05, 0) is 19.9 Å². The number of likely N-dealkylation sites (N-methyl/N-ethyl adjacent to an activating group) is 1. The zero-order valence-corrected chi connectivity index (χ0v) is 8.17. The number of carbonyl (C=O) groups excluding carboxylic acids is 1. The predicted molar refractivity (Wildman–Crippen MR) is 51.6 cm³/mol. The molecule has 0 aromatic rings. The van der Waals surface area contributed by atoms with Crippen molar-refractivity contribution in [2.75, 3.05) is 20.7 Å². The van der Waals surface area contributed by atoms with Gasteiger partial charge in [-0.2, -0.15) is 0 Å². The number of hydrogen-bond donors (Lipinski definition) is 2. The Labute approximate surface area is 79.7 Å². The lowest BCUT2D eigenvalue weighted by Crippen LogP contribution is -2.51. The Morgan fingerprint density at radius 3 is 2.85 bits per heavy atom. The second-order valence-corrected chi connectivity index (χ2v) is 3.28. The summed E-state index contributed by atoms with van der Waals surface area (Å²) in [6, 6.07) is 0.441. The average Bonchev–Trinajstić information content (AvgIpc) is 2.18. The smallest absolute Gasteiger partial charge is 0.378 e. The van der Waals surface area contributed by atoms with Crippen molar-refractivity contribution in [3.8, 4) is 0 Å². The van der Waals surface area contributed by atoms with Crippen LogP contribution in [0.1, 0.15) is 12.8 Å². The minimum Gasteiger partial charge on any atom is -0.434 e. The zero-order valence-electron chi connectivity index (χ0n) is 8.17. The molecule has 0 spiro atoms. The van der Waals surface area contributed by atoms with E-state index >= 15 is 0 Å². The first-order valence-corrected chi connectivity index (χ1v) is 4.58. The molecule has 4 nitrogen and oxygen atoms in total. The van der Waals surface area contributed by atoms with Gasteiger partial charge in [0.1, 0.15) is 5.68 Å². The lowest BCUT2D eigenvalue weighted by atomic mass is 9.83. The number of hydrogen-bond acceptors (Lipinski definition) is 4. The third-order valence-electron chi connectivity index (χ3n) is 2.40. The second kappa shape index (κ2) is 5.37. The minimum absolute atomic E-state index is 0.0389. The van der Waals surface area contributed by atoms with Crippen LogP contribution < -0.4 is 10.6 Å². The van der Waals surface area contributed by atoms with Crippen LogP contribution in [-0.4, -0.2) is 46.0 Å². The van der Waals surface area contributed by atoms with Crippen molar-refractivity contribution in [1.29, 1.82) is 0 Å². The molecule has 0 aliphatic carbocycles. The van der Waals surface area contributed by atoms with Gasteiger partial charge in [0.25, 0.3) is 0 Å². The SMILES string of the molecule is CN[C@@H]1CC[C@@H](C(=O)[B]OC)NC1. The molecule has 73 valence electrons. The number of piperidine rings is 1. The standard InChI is InChI=1S/C8H16BN2O2/c1-10-6-3-4-7(11-5-6)8(12)9-13-2/h6-7,10-11H,3-5H2,1-2H3/t6-,7+/m1/s1. The molecular weight excluding hydrogens is 167 g/mol. The summed E-state index contributed by atoms with van der Waals surface area (Å²) in [4.78, 5) is 11.3. The van der Waals surface area contributed by atoms with Crippen LogP contribution in [-0.2, 0) is 9.45 Å². The summed E-state index contributed by atoms with van der Waals surface area (Å²) in [5.41, 5.74) is 0.0389. The molecule has 1 radical (unpaired) electrons. The Hall–Kier alpha value is -0.385. The first kappa shape index (κ1) is 10.7. The lowest BCUT2D eigenvalue weighted by molar-refractivity contribution is -0.115. The average molecular weight is 183 g/mol. The Balaban J connectivity index is 2.28. The molecular formula is C8H16BN2O2. The van der Waals surface area contributed by atoms with Crippen molar-refractivity contribution in [3.63, 3.8) is 0 Å². The van der Waals surface area contributed by atoms with Gasteiger partial charge in [-0.1, -0.05) is 0 Å². The highest BCUT2D eigenvalue weighted by Crippen LogP contribution is 2.08. The summed E-state index contributed by atoms with van der Waals surface area (Å²) in [5, 5.41) is 6.36. The Kier molecular flexibility index (Phi) is 4.42. The summed E-state index contributed by atoms with van der Waals surface area (Å²) < 4.78 is 4.68. The van der Waals surface area contributed by atoms with Crippen LogP contribution in [0, 0.1) is 0 Å². The van der Waals surface area contributed by atoms with E-state index in [4.69, 9.17) is 0 Å². The zero-order chi connectivity index (χ0) is 9.68. The molecule has 0 bridgehead atoms. The van der Waals surface area contributed by atoms with Crippen molar-refractivity contribution >= 4 is 13.2 Å². The predicted octanol–water partition coefficient (Wildman–Crippen LogP) is -0.881. The normalized spacial score (nSPS) is 28.5. The summed E-state index contributed by atoms with van der Waals surface area (Å²) in [6.07, 6.45) is 1.92. The quantitative estimate of drug-likeness (QED) is 0.555. The maximum absolute atomic E-state index is 11.3. The van der Waals surface area contributed by atoms with E-state index in [2.05, 4.69) is 15.3 Å². The van der Waals surface area contributed by atoms with Gasteiger partial charge in [0, 0.05) is 19.7 Å². The Bertz CT molecular complexity index is 170. The van der Waals surface area contributed by atoms with Crippen molar-refractivity contribution in [3.05, 3.63) is 0 Å². The molecule has 0 aromatic carbocycles. The largest absolute Gasteiger partial charge is 0.434 e. The summed E-state index contributed by atoms with van der Waals surface area (Å²) in [7, 11) is 4.71. The molecule has 1 rings (SSSR count). The van der Waals surface area contributed by atoms with Gasteiger partial charge < -0.3 is 20.1 Å². The van der Waals surface area contributed by atoms with Crippen LogP contribution in [0.3, 0.4) is 0 Å². The summed E-state index contributed by atoms with van der Waals surface area (Å²) in [6.45, 7) is 0.852. The highest BCUT2D eigenvalue weighted by atomic mass is 16.4. The van der Waals surface area contributed by atoms with Gasteiger partial charge in [-0.3, -0.25) is 0 Å². The van der Waals surface area contributed by atoms with Gasteiger partial charge in [-0.25, -0.2) is 0 Å². The molecule has 1 heterocycles. The van der Waals surface area contributed by atoms with Crippen LogP contribution in [0.5, 0.6) is 0 Å². The lowest BCUT2D eigenvalue weighted by Gasteiger charge is -2.28. The van der Waals surface area contributed by atoms with E-state index in [1.807, 2.05) is 7.05 Å². The van der Waals surface area contributed by atoms with Gasteiger partial charge >= 0.3 is 7.48 Å². The van der Waals surface area contributed by atoms with Gasteiger partial charge in [-0.15, -0.1) is 0 Å². The molecule has 5 heteroatoms. The molecule has 1 aliphatic heterocycles. The molecule has 1 aliphatic rings. The van der Waals surface area contributed by atoms with E-state index in [1.165, 1.54) is 14.6 Å². The summed E-state index contributed by atoms with van der Waals surface area (Å²) >= 11 is 0. The van der Waals surface area contributed by atoms with Gasteiger partial charge in [0.15, 0.2) is 0 Å². The number of rotatable bonds is 4. The molecule has 0 saturated carbocycles. The van der Waals surface area contributed by atoms with Crippen LogP contribution in [0.25, 0.3) is 0 Å². The van der Waals surface area contributed by atoms with Crippen molar-refractivity contribution in [2.45, 2.75) is 24.9 Å². The maximum atomic E-state index is 11.3. The first-order chi connectivity index (χ1) is 6.27. The highest BCUT2D eigenvalue weighted by Gasteiger charge is 2.25. The van der Waals surface area contributed by atoms with Crippen LogP contribution >= 0.6 is 0 Å². The van der Waals surface area contributed by atoms with E-state index in [9.17, 15) is 4.79 Å².